The van der Waals surface area contributed by atoms with Crippen molar-refractivity contribution in [2.75, 3.05) is 6.61 Å². The van der Waals surface area contributed by atoms with Crippen molar-refractivity contribution < 1.29 is 30.3 Å². The normalized spacial score (nSPS) is 48.0. The molecule has 0 bridgehead atoms. The van der Waals surface area contributed by atoms with Gasteiger partial charge in [0.05, 0.1) is 12.7 Å². The molecule has 78 valence electrons. The van der Waals surface area contributed by atoms with Crippen LogP contribution in [0.15, 0.2) is 0 Å². The smallest absolute Gasteiger partial charge is 0.219 e. The standard InChI is InChI=1S/C7H14O6/c1-3(9)5-4(10)6(11)7(12,2-8)13-5/h3-6,8-12H,2H2,1H3/t3?,4-,5-,6+,7?/m1/s1. The quantitative estimate of drug-likeness (QED) is 0.324. The third-order valence-corrected chi connectivity index (χ3v) is 2.16. The average molecular weight is 194 g/mol. The Balaban J connectivity index is 2.78. The van der Waals surface area contributed by atoms with Crippen LogP contribution in [0.5, 0.6) is 0 Å². The molecule has 0 amide bonds. The van der Waals surface area contributed by atoms with Gasteiger partial charge in [0.2, 0.25) is 5.79 Å². The topological polar surface area (TPSA) is 110 Å². The molecule has 0 aromatic carbocycles. The summed E-state index contributed by atoms with van der Waals surface area (Å²) in [5.74, 6) is -2.18. The van der Waals surface area contributed by atoms with E-state index in [0.717, 1.165) is 0 Å². The number of ether oxygens (including phenoxy) is 1. The van der Waals surface area contributed by atoms with Crippen LogP contribution in [-0.4, -0.2) is 62.3 Å². The van der Waals surface area contributed by atoms with Crippen LogP contribution in [0.4, 0.5) is 0 Å². The summed E-state index contributed by atoms with van der Waals surface area (Å²) in [6.45, 7) is 0.512. The number of hydrogen-bond acceptors (Lipinski definition) is 6. The third kappa shape index (κ3) is 1.69. The van der Waals surface area contributed by atoms with Gasteiger partial charge in [0.1, 0.15) is 18.3 Å². The van der Waals surface area contributed by atoms with Crippen molar-refractivity contribution in [1.82, 2.24) is 0 Å². The van der Waals surface area contributed by atoms with Gasteiger partial charge < -0.3 is 30.3 Å². The molecule has 0 aromatic heterocycles. The minimum atomic E-state index is -2.18. The van der Waals surface area contributed by atoms with Crippen molar-refractivity contribution in [1.29, 1.82) is 0 Å². The van der Waals surface area contributed by atoms with Gasteiger partial charge in [-0.15, -0.1) is 0 Å². The van der Waals surface area contributed by atoms with Gasteiger partial charge in [0.25, 0.3) is 0 Å². The summed E-state index contributed by atoms with van der Waals surface area (Å²) < 4.78 is 4.74. The Morgan fingerprint density at radius 3 is 2.23 bits per heavy atom. The number of rotatable bonds is 2. The molecule has 2 unspecified atom stereocenters. The van der Waals surface area contributed by atoms with E-state index in [4.69, 9.17) is 14.9 Å². The Labute approximate surface area is 75.0 Å². The van der Waals surface area contributed by atoms with Crippen LogP contribution in [0, 0.1) is 0 Å². The van der Waals surface area contributed by atoms with Crippen molar-refractivity contribution in [3.05, 3.63) is 0 Å². The highest BCUT2D eigenvalue weighted by atomic mass is 16.7. The molecule has 0 aromatic rings. The molecular formula is C7H14O6. The van der Waals surface area contributed by atoms with Crippen LogP contribution >= 0.6 is 0 Å². The summed E-state index contributed by atoms with van der Waals surface area (Å²) >= 11 is 0. The lowest BCUT2D eigenvalue weighted by Gasteiger charge is -2.23. The molecule has 0 saturated carbocycles. The number of hydrogen-bond donors (Lipinski definition) is 5. The molecule has 1 aliphatic rings. The zero-order chi connectivity index (χ0) is 10.2. The molecule has 5 N–H and O–H groups in total. The van der Waals surface area contributed by atoms with E-state index in [2.05, 4.69) is 0 Å². The third-order valence-electron chi connectivity index (χ3n) is 2.16. The maximum absolute atomic E-state index is 9.36. The van der Waals surface area contributed by atoms with Crippen LogP contribution in [0.3, 0.4) is 0 Å². The van der Waals surface area contributed by atoms with Crippen molar-refractivity contribution in [3.63, 3.8) is 0 Å². The Kier molecular flexibility index (Phi) is 2.91. The second-order valence-electron chi connectivity index (χ2n) is 3.26. The Hall–Kier alpha value is -0.240. The summed E-state index contributed by atoms with van der Waals surface area (Å²) in [6, 6.07) is 0. The maximum Gasteiger partial charge on any atom is 0.219 e. The minimum absolute atomic E-state index is 0.839. The van der Waals surface area contributed by atoms with Crippen molar-refractivity contribution >= 4 is 0 Å². The lowest BCUT2D eigenvalue weighted by atomic mass is 10.0. The summed E-state index contributed by atoms with van der Waals surface area (Å²) in [5.41, 5.74) is 0. The van der Waals surface area contributed by atoms with E-state index in [9.17, 15) is 15.3 Å². The van der Waals surface area contributed by atoms with Crippen molar-refractivity contribution in [3.8, 4) is 0 Å². The van der Waals surface area contributed by atoms with E-state index in [1.165, 1.54) is 6.92 Å². The highest BCUT2D eigenvalue weighted by molar-refractivity contribution is 4.96. The predicted octanol–water partition coefficient (Wildman–Crippen LogP) is -2.83. The SMILES string of the molecule is CC(O)[C@H]1OC(O)(CO)[C@@H](O)[C@@H]1O. The van der Waals surface area contributed by atoms with Crippen LogP contribution in [-0.2, 0) is 4.74 Å². The molecule has 5 atom stereocenters. The minimum Gasteiger partial charge on any atom is -0.391 e. The Morgan fingerprint density at radius 2 is 2.00 bits per heavy atom. The van der Waals surface area contributed by atoms with E-state index in [-0.39, 0.29) is 0 Å². The lowest BCUT2D eigenvalue weighted by Crippen LogP contribution is -2.46. The molecule has 0 aliphatic carbocycles. The average Bonchev–Trinajstić information content (AvgIpc) is 2.31. The van der Waals surface area contributed by atoms with Gasteiger partial charge in [-0.2, -0.15) is 0 Å². The zero-order valence-electron chi connectivity index (χ0n) is 7.16. The summed E-state index contributed by atoms with van der Waals surface area (Å²) in [6.07, 6.45) is -5.15. The first-order valence-corrected chi connectivity index (χ1v) is 3.97. The fourth-order valence-corrected chi connectivity index (χ4v) is 1.34. The van der Waals surface area contributed by atoms with Gasteiger partial charge in [0.15, 0.2) is 0 Å². The fraction of sp³-hybridized carbons (Fsp3) is 1.00. The predicted molar refractivity (Wildman–Crippen MR) is 40.6 cm³/mol. The number of aliphatic hydroxyl groups excluding tert-OH is 4. The monoisotopic (exact) mass is 194 g/mol. The second kappa shape index (κ2) is 3.49. The van der Waals surface area contributed by atoms with Gasteiger partial charge in [-0.25, -0.2) is 0 Å². The van der Waals surface area contributed by atoms with Crippen LogP contribution in [0.1, 0.15) is 6.92 Å². The second-order valence-corrected chi connectivity index (χ2v) is 3.26. The van der Waals surface area contributed by atoms with Gasteiger partial charge >= 0.3 is 0 Å². The first-order valence-electron chi connectivity index (χ1n) is 3.97. The summed E-state index contributed by atoms with van der Waals surface area (Å²) in [7, 11) is 0. The molecule has 0 radical (unpaired) electrons. The summed E-state index contributed by atoms with van der Waals surface area (Å²) in [5, 5.41) is 45.7. The molecule has 6 nitrogen and oxygen atoms in total. The molecule has 1 aliphatic heterocycles. The first kappa shape index (κ1) is 10.8. The zero-order valence-corrected chi connectivity index (χ0v) is 7.16. The molecule has 1 fully saturated rings. The molecule has 6 heteroatoms. The molecule has 1 heterocycles. The molecule has 1 saturated heterocycles. The van der Waals surface area contributed by atoms with Crippen molar-refractivity contribution in [2.24, 2.45) is 0 Å². The number of aliphatic hydroxyl groups is 5. The first-order chi connectivity index (χ1) is 5.92. The lowest BCUT2D eigenvalue weighted by molar-refractivity contribution is -0.252. The highest BCUT2D eigenvalue weighted by Gasteiger charge is 2.54. The largest absolute Gasteiger partial charge is 0.391 e. The van der Waals surface area contributed by atoms with Crippen LogP contribution < -0.4 is 0 Å². The van der Waals surface area contributed by atoms with Gasteiger partial charge in [-0.1, -0.05) is 0 Å². The van der Waals surface area contributed by atoms with E-state index in [1.54, 1.807) is 0 Å². The van der Waals surface area contributed by atoms with E-state index >= 15 is 0 Å². The Bertz CT molecular complexity index is 184. The van der Waals surface area contributed by atoms with E-state index in [1.807, 2.05) is 0 Å². The van der Waals surface area contributed by atoms with Gasteiger partial charge in [-0.3, -0.25) is 0 Å². The van der Waals surface area contributed by atoms with E-state index < -0.39 is 36.8 Å². The van der Waals surface area contributed by atoms with Crippen LogP contribution in [0.2, 0.25) is 0 Å². The van der Waals surface area contributed by atoms with Gasteiger partial charge in [-0.05, 0) is 6.92 Å². The molecular weight excluding hydrogens is 180 g/mol. The molecule has 13 heavy (non-hydrogen) atoms. The Morgan fingerprint density at radius 1 is 1.46 bits per heavy atom. The van der Waals surface area contributed by atoms with Gasteiger partial charge in [0, 0.05) is 0 Å². The highest BCUT2D eigenvalue weighted by Crippen LogP contribution is 2.30. The molecule has 0 spiro atoms. The van der Waals surface area contributed by atoms with Crippen molar-refractivity contribution in [2.45, 2.75) is 37.1 Å². The fourth-order valence-electron chi connectivity index (χ4n) is 1.34. The van der Waals surface area contributed by atoms with E-state index in [0.29, 0.717) is 0 Å². The molecule has 1 rings (SSSR count). The van der Waals surface area contributed by atoms with Crippen LogP contribution in [0.25, 0.3) is 0 Å². The summed E-state index contributed by atoms with van der Waals surface area (Å²) in [4.78, 5) is 0. The maximum atomic E-state index is 9.36.